The number of benzene rings is 2. The summed E-state index contributed by atoms with van der Waals surface area (Å²) in [4.78, 5) is 23.5. The Kier molecular flexibility index (Phi) is 4.92. The number of halogens is 6. The van der Waals surface area contributed by atoms with E-state index >= 15 is 0 Å². The van der Waals surface area contributed by atoms with Crippen molar-refractivity contribution in [3.05, 3.63) is 74.9 Å². The molecule has 1 aromatic heterocycles. The lowest BCUT2D eigenvalue weighted by Gasteiger charge is -2.09. The van der Waals surface area contributed by atoms with Crippen LogP contribution in [-0.4, -0.2) is 10.5 Å². The standard InChI is InChI=1S/C18H9F6NO2S/c19-17(20,21)11-6-7-13-14(9-11)28-16(27)25(13)15(26)8-5-10-3-1-2-4-12(10)18(22,23)24/h1-9H/b8-5+. The largest absolute Gasteiger partial charge is 0.416 e. The molecule has 0 saturated carbocycles. The molecule has 0 aliphatic carbocycles. The Morgan fingerprint density at radius 3 is 2.29 bits per heavy atom. The molecule has 0 aliphatic heterocycles. The van der Waals surface area contributed by atoms with Gasteiger partial charge in [0.15, 0.2) is 0 Å². The number of hydrogen-bond donors (Lipinski definition) is 0. The Balaban J connectivity index is 2.01. The van der Waals surface area contributed by atoms with E-state index in [2.05, 4.69) is 0 Å². The van der Waals surface area contributed by atoms with E-state index in [-0.39, 0.29) is 15.8 Å². The molecule has 28 heavy (non-hydrogen) atoms. The molecule has 0 amide bonds. The number of rotatable bonds is 2. The normalized spacial score (nSPS) is 12.8. The smallest absolute Gasteiger partial charge is 0.269 e. The summed E-state index contributed by atoms with van der Waals surface area (Å²) in [6.07, 6.45) is -7.57. The lowest BCUT2D eigenvalue weighted by Crippen LogP contribution is -2.19. The number of carbonyl (C=O) groups is 1. The van der Waals surface area contributed by atoms with Gasteiger partial charge in [0.25, 0.3) is 5.91 Å². The Hall–Kier alpha value is -2.88. The minimum absolute atomic E-state index is 0.0539. The topological polar surface area (TPSA) is 39.1 Å². The number of allylic oxidation sites excluding steroid dienone is 1. The van der Waals surface area contributed by atoms with E-state index in [1.165, 1.54) is 12.1 Å². The van der Waals surface area contributed by atoms with Crippen molar-refractivity contribution in [2.45, 2.75) is 12.4 Å². The van der Waals surface area contributed by atoms with E-state index < -0.39 is 34.3 Å². The first-order valence-corrected chi connectivity index (χ1v) is 8.41. The molecule has 10 heteroatoms. The van der Waals surface area contributed by atoms with Gasteiger partial charge in [0.2, 0.25) is 0 Å². The number of alkyl halides is 6. The third kappa shape index (κ3) is 3.86. The van der Waals surface area contributed by atoms with Crippen molar-refractivity contribution in [1.82, 2.24) is 4.57 Å². The van der Waals surface area contributed by atoms with Crippen LogP contribution in [0.2, 0.25) is 0 Å². The van der Waals surface area contributed by atoms with E-state index in [9.17, 15) is 35.9 Å². The van der Waals surface area contributed by atoms with Gasteiger partial charge in [0.05, 0.1) is 21.3 Å². The molecule has 0 radical (unpaired) electrons. The fourth-order valence-electron chi connectivity index (χ4n) is 2.54. The van der Waals surface area contributed by atoms with Gasteiger partial charge in [-0.05, 0) is 35.9 Å². The fraction of sp³-hybridized carbons (Fsp3) is 0.111. The van der Waals surface area contributed by atoms with Crippen LogP contribution in [0.4, 0.5) is 26.3 Å². The average molecular weight is 417 g/mol. The quantitative estimate of drug-likeness (QED) is 0.411. The van der Waals surface area contributed by atoms with Gasteiger partial charge >= 0.3 is 17.2 Å². The molecule has 2 aromatic carbocycles. The Bertz CT molecular complexity index is 1140. The summed E-state index contributed by atoms with van der Waals surface area (Å²) in [6.45, 7) is 0. The van der Waals surface area contributed by atoms with Crippen molar-refractivity contribution < 1.29 is 31.1 Å². The zero-order valence-corrected chi connectivity index (χ0v) is 14.5. The number of fused-ring (bicyclic) bond motifs is 1. The monoisotopic (exact) mass is 417 g/mol. The molecule has 0 saturated heterocycles. The summed E-state index contributed by atoms with van der Waals surface area (Å²) in [5, 5.41) is 0. The van der Waals surface area contributed by atoms with E-state index in [4.69, 9.17) is 0 Å². The molecular formula is C18H9F6NO2S. The van der Waals surface area contributed by atoms with Gasteiger partial charge in [-0.1, -0.05) is 29.5 Å². The molecule has 1 heterocycles. The molecule has 3 rings (SSSR count). The Morgan fingerprint density at radius 1 is 0.964 bits per heavy atom. The van der Waals surface area contributed by atoms with Gasteiger partial charge in [-0.3, -0.25) is 9.59 Å². The van der Waals surface area contributed by atoms with Crippen molar-refractivity contribution in [2.24, 2.45) is 0 Å². The van der Waals surface area contributed by atoms with Crippen molar-refractivity contribution in [3.63, 3.8) is 0 Å². The van der Waals surface area contributed by atoms with Crippen molar-refractivity contribution in [2.75, 3.05) is 0 Å². The predicted octanol–water partition coefficient (Wildman–Crippen LogP) is 5.45. The molecule has 0 N–H and O–H groups in total. The number of aromatic nitrogens is 1. The van der Waals surface area contributed by atoms with Gasteiger partial charge in [0, 0.05) is 6.08 Å². The van der Waals surface area contributed by atoms with Crippen molar-refractivity contribution in [1.29, 1.82) is 0 Å². The van der Waals surface area contributed by atoms with Gasteiger partial charge in [-0.15, -0.1) is 0 Å². The first-order valence-electron chi connectivity index (χ1n) is 7.60. The number of hydrogen-bond acceptors (Lipinski definition) is 3. The predicted molar refractivity (Wildman–Crippen MR) is 92.2 cm³/mol. The maximum atomic E-state index is 13.0. The van der Waals surface area contributed by atoms with Crippen LogP contribution >= 0.6 is 11.3 Å². The lowest BCUT2D eigenvalue weighted by molar-refractivity contribution is -0.138. The highest BCUT2D eigenvalue weighted by Crippen LogP contribution is 2.33. The molecular weight excluding hydrogens is 408 g/mol. The molecule has 0 spiro atoms. The second kappa shape index (κ2) is 6.93. The van der Waals surface area contributed by atoms with Crippen LogP contribution in [0.25, 0.3) is 16.3 Å². The maximum absolute atomic E-state index is 13.0. The van der Waals surface area contributed by atoms with E-state index in [0.29, 0.717) is 15.9 Å². The van der Waals surface area contributed by atoms with Crippen LogP contribution in [0.3, 0.4) is 0 Å². The molecule has 0 bridgehead atoms. The summed E-state index contributed by atoms with van der Waals surface area (Å²) in [6, 6.07) is 6.98. The highest BCUT2D eigenvalue weighted by Gasteiger charge is 2.32. The molecule has 0 aliphatic rings. The SMILES string of the molecule is O=C(/C=C/c1ccccc1C(F)(F)F)n1c(=O)sc2cc(C(F)(F)F)ccc21. The zero-order chi connectivity index (χ0) is 20.7. The fourth-order valence-corrected chi connectivity index (χ4v) is 3.46. The van der Waals surface area contributed by atoms with Crippen LogP contribution in [-0.2, 0) is 12.4 Å². The molecule has 0 unspecified atom stereocenters. The van der Waals surface area contributed by atoms with E-state index in [0.717, 1.165) is 42.5 Å². The van der Waals surface area contributed by atoms with Gasteiger partial charge in [0.1, 0.15) is 0 Å². The lowest BCUT2D eigenvalue weighted by atomic mass is 10.1. The van der Waals surface area contributed by atoms with Crippen LogP contribution < -0.4 is 4.87 Å². The minimum atomic E-state index is -4.64. The van der Waals surface area contributed by atoms with Gasteiger partial charge in [-0.25, -0.2) is 4.57 Å². The summed E-state index contributed by atoms with van der Waals surface area (Å²) in [5.41, 5.74) is -2.27. The van der Waals surface area contributed by atoms with Crippen molar-refractivity contribution in [3.8, 4) is 0 Å². The van der Waals surface area contributed by atoms with Crippen LogP contribution in [0.1, 0.15) is 21.5 Å². The highest BCUT2D eigenvalue weighted by atomic mass is 32.1. The van der Waals surface area contributed by atoms with Crippen molar-refractivity contribution >= 4 is 33.5 Å². The Morgan fingerprint density at radius 2 is 1.64 bits per heavy atom. The van der Waals surface area contributed by atoms with Crippen LogP contribution in [0.5, 0.6) is 0 Å². The third-order valence-electron chi connectivity index (χ3n) is 3.80. The summed E-state index contributed by atoms with van der Waals surface area (Å²) >= 11 is 0.439. The first-order chi connectivity index (χ1) is 13.0. The summed E-state index contributed by atoms with van der Waals surface area (Å²) < 4.78 is 77.8. The molecule has 0 fully saturated rings. The number of carbonyl (C=O) groups excluding carboxylic acids is 1. The number of nitrogens with zero attached hydrogens (tertiary/aromatic N) is 1. The molecule has 3 nitrogen and oxygen atoms in total. The maximum Gasteiger partial charge on any atom is 0.416 e. The summed E-state index contributed by atoms with van der Waals surface area (Å²) in [5.74, 6) is -0.965. The molecule has 3 aromatic rings. The zero-order valence-electron chi connectivity index (χ0n) is 13.6. The number of thiazole rings is 1. The second-order valence-corrected chi connectivity index (χ2v) is 6.63. The van der Waals surface area contributed by atoms with Crippen LogP contribution in [0, 0.1) is 0 Å². The third-order valence-corrected chi connectivity index (χ3v) is 4.70. The summed E-state index contributed by atoms with van der Waals surface area (Å²) in [7, 11) is 0. The Labute approximate surface area is 157 Å². The van der Waals surface area contributed by atoms with Crippen LogP contribution in [0.15, 0.2) is 53.3 Å². The minimum Gasteiger partial charge on any atom is -0.269 e. The average Bonchev–Trinajstić information content (AvgIpc) is 2.93. The molecule has 0 atom stereocenters. The van der Waals surface area contributed by atoms with Gasteiger partial charge in [-0.2, -0.15) is 26.3 Å². The first kappa shape index (κ1) is 19.9. The van der Waals surface area contributed by atoms with E-state index in [1.54, 1.807) is 0 Å². The van der Waals surface area contributed by atoms with E-state index in [1.807, 2.05) is 0 Å². The highest BCUT2D eigenvalue weighted by molar-refractivity contribution is 7.16. The second-order valence-electron chi connectivity index (χ2n) is 5.64. The molecule has 146 valence electrons. The van der Waals surface area contributed by atoms with Gasteiger partial charge < -0.3 is 0 Å².